The van der Waals surface area contributed by atoms with Crippen molar-refractivity contribution in [3.8, 4) is 12.3 Å². The number of unbranched alkanes of at least 4 members (excludes halogenated alkanes) is 10. The molecule has 1 N–H and O–H groups in total. The van der Waals surface area contributed by atoms with Crippen molar-refractivity contribution >= 4 is 18.3 Å². The van der Waals surface area contributed by atoms with Crippen LogP contribution in [-0.4, -0.2) is 36.6 Å². The van der Waals surface area contributed by atoms with E-state index in [1.54, 1.807) is 0 Å². The standard InChI is InChI=1S/C29H49NO5/c1-5-8-10-12-13-14-15-16-17-19-24(34-29(33)27(30-22-31)23(4)7-3)21-26-25(28(32)35-26)20-18-11-9-6-2/h1,22-27H,6-21H2,2-4H3,(H,30,31)/t23?,24-,25-,26-,27+/m0/s1. The van der Waals surface area contributed by atoms with Crippen molar-refractivity contribution in [2.45, 2.75) is 142 Å². The maximum absolute atomic E-state index is 12.9. The molecular formula is C29H49NO5. The van der Waals surface area contributed by atoms with Gasteiger partial charge in [-0.2, -0.15) is 0 Å². The van der Waals surface area contributed by atoms with Crippen LogP contribution in [0.1, 0.15) is 124 Å². The number of rotatable bonds is 22. The summed E-state index contributed by atoms with van der Waals surface area (Å²) in [5.74, 6) is 2.06. The van der Waals surface area contributed by atoms with Crippen LogP contribution in [0.15, 0.2) is 0 Å². The summed E-state index contributed by atoms with van der Waals surface area (Å²) in [6, 6.07) is -0.656. The van der Waals surface area contributed by atoms with Crippen LogP contribution < -0.4 is 5.32 Å². The molecule has 0 bridgehead atoms. The minimum absolute atomic E-state index is 0.0179. The molecule has 1 rings (SSSR count). The summed E-state index contributed by atoms with van der Waals surface area (Å²) >= 11 is 0. The molecule has 0 aromatic rings. The summed E-state index contributed by atoms with van der Waals surface area (Å²) in [4.78, 5) is 36.0. The second-order valence-electron chi connectivity index (χ2n) is 10.1. The Labute approximate surface area is 213 Å². The highest BCUT2D eigenvalue weighted by atomic mass is 16.6. The molecule has 6 nitrogen and oxygen atoms in total. The van der Waals surface area contributed by atoms with Crippen LogP contribution in [0.3, 0.4) is 0 Å². The van der Waals surface area contributed by atoms with Crippen molar-refractivity contribution in [1.29, 1.82) is 0 Å². The maximum Gasteiger partial charge on any atom is 0.329 e. The average molecular weight is 492 g/mol. The molecule has 0 aliphatic carbocycles. The number of nitrogens with one attached hydrogen (secondary N) is 1. The first-order valence-corrected chi connectivity index (χ1v) is 14.0. The first kappa shape index (κ1) is 31.0. The van der Waals surface area contributed by atoms with Crippen molar-refractivity contribution in [3.05, 3.63) is 0 Å². The lowest BCUT2D eigenvalue weighted by atomic mass is 9.86. The smallest absolute Gasteiger partial charge is 0.329 e. The van der Waals surface area contributed by atoms with Gasteiger partial charge in [-0.15, -0.1) is 12.3 Å². The van der Waals surface area contributed by atoms with Crippen LogP contribution in [0.5, 0.6) is 0 Å². The van der Waals surface area contributed by atoms with E-state index in [2.05, 4.69) is 18.2 Å². The van der Waals surface area contributed by atoms with Gasteiger partial charge >= 0.3 is 11.9 Å². The van der Waals surface area contributed by atoms with Gasteiger partial charge in [-0.1, -0.05) is 85.0 Å². The fourth-order valence-electron chi connectivity index (χ4n) is 4.68. The monoisotopic (exact) mass is 491 g/mol. The Morgan fingerprint density at radius 2 is 1.74 bits per heavy atom. The van der Waals surface area contributed by atoms with Gasteiger partial charge in [0.25, 0.3) is 0 Å². The summed E-state index contributed by atoms with van der Waals surface area (Å²) in [7, 11) is 0. The van der Waals surface area contributed by atoms with Gasteiger partial charge < -0.3 is 14.8 Å². The lowest BCUT2D eigenvalue weighted by molar-refractivity contribution is -0.190. The van der Waals surface area contributed by atoms with Gasteiger partial charge in [-0.3, -0.25) is 9.59 Å². The Kier molecular flexibility index (Phi) is 17.0. The molecule has 1 heterocycles. The predicted molar refractivity (Wildman–Crippen MR) is 139 cm³/mol. The first-order chi connectivity index (χ1) is 17.0. The van der Waals surface area contributed by atoms with E-state index in [1.807, 2.05) is 13.8 Å². The Bertz CT molecular complexity index is 643. The number of carbonyl (C=O) groups is 3. The third kappa shape index (κ3) is 12.5. The van der Waals surface area contributed by atoms with Crippen LogP contribution in [0.4, 0.5) is 0 Å². The molecule has 1 unspecified atom stereocenters. The van der Waals surface area contributed by atoms with Gasteiger partial charge in [0.2, 0.25) is 6.41 Å². The van der Waals surface area contributed by atoms with E-state index in [0.29, 0.717) is 12.8 Å². The van der Waals surface area contributed by atoms with Gasteiger partial charge in [-0.25, -0.2) is 4.79 Å². The predicted octanol–water partition coefficient (Wildman–Crippen LogP) is 6.11. The second kappa shape index (κ2) is 19.2. The molecule has 0 spiro atoms. The summed E-state index contributed by atoms with van der Waals surface area (Å²) in [5, 5.41) is 2.63. The van der Waals surface area contributed by atoms with Crippen LogP contribution in [0.2, 0.25) is 0 Å². The Hall–Kier alpha value is -2.03. The molecule has 1 fully saturated rings. The molecule has 1 amide bonds. The zero-order valence-corrected chi connectivity index (χ0v) is 22.4. The van der Waals surface area contributed by atoms with E-state index in [-0.39, 0.29) is 30.0 Å². The van der Waals surface area contributed by atoms with Gasteiger partial charge in [0.1, 0.15) is 18.2 Å². The molecule has 1 saturated heterocycles. The zero-order chi connectivity index (χ0) is 25.9. The van der Waals surface area contributed by atoms with E-state index in [0.717, 1.165) is 70.6 Å². The van der Waals surface area contributed by atoms with Gasteiger partial charge in [-0.05, 0) is 31.6 Å². The SMILES string of the molecule is C#CCCCCCCCCC[C@@H](C[C@@H]1OC(=O)[C@H]1CCCCCC)OC(=O)[C@H](NC=O)C(C)CC. The molecule has 1 aliphatic rings. The van der Waals surface area contributed by atoms with Crippen molar-refractivity contribution in [2.75, 3.05) is 0 Å². The van der Waals surface area contributed by atoms with Gasteiger partial charge in [0.15, 0.2) is 0 Å². The third-order valence-corrected chi connectivity index (χ3v) is 7.23. The normalized spacial score (nSPS) is 19.5. The molecule has 0 radical (unpaired) electrons. The number of hydrogen-bond donors (Lipinski definition) is 1. The molecule has 0 aromatic carbocycles. The van der Waals surface area contributed by atoms with E-state index < -0.39 is 12.0 Å². The number of esters is 2. The highest BCUT2D eigenvalue weighted by Crippen LogP contribution is 2.33. The largest absolute Gasteiger partial charge is 0.461 e. The average Bonchev–Trinajstić information content (AvgIpc) is 2.85. The summed E-state index contributed by atoms with van der Waals surface area (Å²) in [6.45, 7) is 6.09. The highest BCUT2D eigenvalue weighted by Gasteiger charge is 2.43. The van der Waals surface area contributed by atoms with Crippen molar-refractivity contribution in [3.63, 3.8) is 0 Å². The van der Waals surface area contributed by atoms with Crippen molar-refractivity contribution in [2.24, 2.45) is 11.8 Å². The number of amides is 1. The van der Waals surface area contributed by atoms with Gasteiger partial charge in [0, 0.05) is 12.8 Å². The minimum Gasteiger partial charge on any atom is -0.461 e. The molecule has 200 valence electrons. The molecular weight excluding hydrogens is 442 g/mol. The van der Waals surface area contributed by atoms with Gasteiger partial charge in [0.05, 0.1) is 5.92 Å². The fourth-order valence-corrected chi connectivity index (χ4v) is 4.68. The van der Waals surface area contributed by atoms with Crippen molar-refractivity contribution in [1.82, 2.24) is 5.32 Å². The number of hydrogen-bond acceptors (Lipinski definition) is 5. The lowest BCUT2D eigenvalue weighted by Gasteiger charge is -2.37. The van der Waals surface area contributed by atoms with E-state index in [4.69, 9.17) is 15.9 Å². The summed E-state index contributed by atoms with van der Waals surface area (Å²) in [5.41, 5.74) is 0. The fraction of sp³-hybridized carbons (Fsp3) is 0.828. The highest BCUT2D eigenvalue weighted by molar-refractivity contribution is 5.79. The van der Waals surface area contributed by atoms with Crippen LogP contribution in [0.25, 0.3) is 0 Å². The second-order valence-corrected chi connectivity index (χ2v) is 10.1. The Morgan fingerprint density at radius 1 is 1.09 bits per heavy atom. The van der Waals surface area contributed by atoms with Crippen LogP contribution >= 0.6 is 0 Å². The topological polar surface area (TPSA) is 81.7 Å². The summed E-state index contributed by atoms with van der Waals surface area (Å²) in [6.07, 6.45) is 21.4. The first-order valence-electron chi connectivity index (χ1n) is 14.0. The Morgan fingerprint density at radius 3 is 2.34 bits per heavy atom. The molecule has 35 heavy (non-hydrogen) atoms. The molecule has 0 saturated carbocycles. The van der Waals surface area contributed by atoms with Crippen LogP contribution in [-0.2, 0) is 23.9 Å². The molecule has 6 heteroatoms. The lowest BCUT2D eigenvalue weighted by Crippen LogP contribution is -2.48. The molecule has 1 aliphatic heterocycles. The van der Waals surface area contributed by atoms with E-state index in [9.17, 15) is 14.4 Å². The van der Waals surface area contributed by atoms with Crippen molar-refractivity contribution < 1.29 is 23.9 Å². The number of ether oxygens (including phenoxy) is 2. The van der Waals surface area contributed by atoms with Crippen LogP contribution in [0, 0.1) is 24.2 Å². The summed E-state index contributed by atoms with van der Waals surface area (Å²) < 4.78 is 11.4. The minimum atomic E-state index is -0.656. The number of carbonyl (C=O) groups excluding carboxylic acids is 3. The molecule has 0 aromatic heterocycles. The number of cyclic esters (lactones) is 1. The number of terminal acetylenes is 1. The zero-order valence-electron chi connectivity index (χ0n) is 22.4. The maximum atomic E-state index is 12.9. The molecule has 5 atom stereocenters. The Balaban J connectivity index is 2.60. The quantitative estimate of drug-likeness (QED) is 0.0856. The van der Waals surface area contributed by atoms with E-state index >= 15 is 0 Å². The van der Waals surface area contributed by atoms with E-state index in [1.165, 1.54) is 25.7 Å². The third-order valence-electron chi connectivity index (χ3n) is 7.23.